The van der Waals surface area contributed by atoms with Crippen LogP contribution in [0.2, 0.25) is 0 Å². The molecule has 7 heteroatoms. The molecule has 0 amide bonds. The first-order chi connectivity index (χ1) is 9.51. The number of hydrogen-bond acceptors (Lipinski definition) is 4. The maximum atomic E-state index is 10.8. The average molecular weight is 397 g/mol. The highest BCUT2D eigenvalue weighted by atomic mass is 79.9. The normalized spacial score (nSPS) is 9.85. The van der Waals surface area contributed by atoms with E-state index in [1.165, 1.54) is 12.1 Å². The van der Waals surface area contributed by atoms with Crippen molar-refractivity contribution in [2.45, 2.75) is 0 Å². The van der Waals surface area contributed by atoms with E-state index in [9.17, 15) is 10.1 Å². The number of nitro groups is 1. The Kier molecular flexibility index (Phi) is 4.37. The van der Waals surface area contributed by atoms with Crippen molar-refractivity contribution in [2.75, 3.05) is 5.32 Å². The zero-order chi connectivity index (χ0) is 14.7. The Bertz CT molecular complexity index is 726. The first kappa shape index (κ1) is 14.5. The maximum Gasteiger partial charge on any atom is 0.287 e. The van der Waals surface area contributed by atoms with Gasteiger partial charge in [-0.05, 0) is 46.3 Å². The van der Waals surface area contributed by atoms with Crippen molar-refractivity contribution in [2.24, 2.45) is 0 Å². The van der Waals surface area contributed by atoms with Crippen LogP contribution in [-0.2, 0) is 0 Å². The van der Waals surface area contributed by atoms with Crippen LogP contribution in [0.4, 0.5) is 17.1 Å². The molecule has 0 fully saturated rings. The van der Waals surface area contributed by atoms with Crippen molar-refractivity contribution in [3.8, 4) is 6.07 Å². The summed E-state index contributed by atoms with van der Waals surface area (Å²) in [6.45, 7) is 0. The molecule has 0 unspecified atom stereocenters. The third-order valence-corrected chi connectivity index (χ3v) is 3.71. The standard InChI is InChI=1S/C13H7Br2N3O2/c14-9-1-3-11(15)12(6-9)17-10-2-4-13(18(19)20)8(5-10)7-16/h1-6,17H. The number of nitrogens with one attached hydrogen (secondary N) is 1. The summed E-state index contributed by atoms with van der Waals surface area (Å²) >= 11 is 6.77. The Morgan fingerprint density at radius 2 is 1.95 bits per heavy atom. The predicted octanol–water partition coefficient (Wildman–Crippen LogP) is 4.74. The molecule has 0 spiro atoms. The van der Waals surface area contributed by atoms with Gasteiger partial charge in [-0.25, -0.2) is 0 Å². The zero-order valence-electron chi connectivity index (χ0n) is 9.93. The van der Waals surface area contributed by atoms with Crippen molar-refractivity contribution in [1.29, 1.82) is 5.26 Å². The van der Waals surface area contributed by atoms with E-state index in [0.29, 0.717) is 5.69 Å². The topological polar surface area (TPSA) is 79.0 Å². The molecule has 0 aliphatic heterocycles. The molecule has 2 aromatic carbocycles. The lowest BCUT2D eigenvalue weighted by molar-refractivity contribution is -0.385. The van der Waals surface area contributed by atoms with Crippen LogP contribution >= 0.6 is 31.9 Å². The molecule has 0 aromatic heterocycles. The second-order valence-electron chi connectivity index (χ2n) is 3.85. The van der Waals surface area contributed by atoms with Gasteiger partial charge >= 0.3 is 0 Å². The minimum Gasteiger partial charge on any atom is -0.355 e. The van der Waals surface area contributed by atoms with E-state index >= 15 is 0 Å². The fourth-order valence-corrected chi connectivity index (χ4v) is 2.32. The summed E-state index contributed by atoms with van der Waals surface area (Å²) in [5, 5.41) is 22.8. The fraction of sp³-hybridized carbons (Fsp3) is 0. The first-order valence-corrected chi connectivity index (χ1v) is 7.00. The van der Waals surface area contributed by atoms with Crippen molar-refractivity contribution < 1.29 is 4.92 Å². The third-order valence-electron chi connectivity index (χ3n) is 2.52. The minimum atomic E-state index is -0.572. The highest BCUT2D eigenvalue weighted by molar-refractivity contribution is 9.11. The van der Waals surface area contributed by atoms with Gasteiger partial charge in [-0.1, -0.05) is 15.9 Å². The number of halogens is 2. The van der Waals surface area contributed by atoms with E-state index in [1.54, 1.807) is 6.07 Å². The Morgan fingerprint density at radius 3 is 2.60 bits per heavy atom. The number of nitrogens with zero attached hydrogens (tertiary/aromatic N) is 2. The summed E-state index contributed by atoms with van der Waals surface area (Å²) in [6, 6.07) is 11.8. The maximum absolute atomic E-state index is 10.8. The average Bonchev–Trinajstić information content (AvgIpc) is 2.42. The van der Waals surface area contributed by atoms with Crippen LogP contribution in [0.25, 0.3) is 0 Å². The van der Waals surface area contributed by atoms with E-state index < -0.39 is 4.92 Å². The van der Waals surface area contributed by atoms with Gasteiger partial charge in [0.25, 0.3) is 5.69 Å². The predicted molar refractivity (Wildman–Crippen MR) is 82.9 cm³/mol. The number of benzene rings is 2. The van der Waals surface area contributed by atoms with Crippen LogP contribution in [0.3, 0.4) is 0 Å². The quantitative estimate of drug-likeness (QED) is 0.600. The Hall–Kier alpha value is -1.91. The third kappa shape index (κ3) is 3.15. The van der Waals surface area contributed by atoms with Crippen LogP contribution in [-0.4, -0.2) is 4.92 Å². The van der Waals surface area contributed by atoms with Crippen LogP contribution < -0.4 is 5.32 Å². The monoisotopic (exact) mass is 395 g/mol. The van der Waals surface area contributed by atoms with Gasteiger partial charge in [-0.3, -0.25) is 10.1 Å². The van der Waals surface area contributed by atoms with Gasteiger partial charge in [-0.2, -0.15) is 5.26 Å². The van der Waals surface area contributed by atoms with Crippen molar-refractivity contribution in [1.82, 2.24) is 0 Å². The highest BCUT2D eigenvalue weighted by Gasteiger charge is 2.14. The number of rotatable bonds is 3. The summed E-state index contributed by atoms with van der Waals surface area (Å²) in [4.78, 5) is 10.2. The van der Waals surface area contributed by atoms with E-state index in [0.717, 1.165) is 14.6 Å². The SMILES string of the molecule is N#Cc1cc(Nc2cc(Br)ccc2Br)ccc1[N+](=O)[O-]. The molecule has 2 rings (SSSR count). The molecule has 5 nitrogen and oxygen atoms in total. The molecular formula is C13H7Br2N3O2. The number of hydrogen-bond donors (Lipinski definition) is 1. The Balaban J connectivity index is 2.38. The summed E-state index contributed by atoms with van der Waals surface area (Å²) in [5.74, 6) is 0. The van der Waals surface area contributed by atoms with Gasteiger partial charge in [0.05, 0.1) is 10.6 Å². The van der Waals surface area contributed by atoms with Gasteiger partial charge in [0, 0.05) is 20.7 Å². The van der Waals surface area contributed by atoms with E-state index in [-0.39, 0.29) is 11.3 Å². The van der Waals surface area contributed by atoms with E-state index in [2.05, 4.69) is 37.2 Å². The molecule has 20 heavy (non-hydrogen) atoms. The van der Waals surface area contributed by atoms with E-state index in [1.807, 2.05) is 24.3 Å². The van der Waals surface area contributed by atoms with Crippen molar-refractivity contribution in [3.63, 3.8) is 0 Å². The highest BCUT2D eigenvalue weighted by Crippen LogP contribution is 2.30. The molecule has 0 heterocycles. The zero-order valence-corrected chi connectivity index (χ0v) is 13.1. The van der Waals surface area contributed by atoms with Gasteiger partial charge < -0.3 is 5.32 Å². The number of anilines is 2. The molecule has 0 saturated heterocycles. The fourth-order valence-electron chi connectivity index (χ4n) is 1.61. The van der Waals surface area contributed by atoms with E-state index in [4.69, 9.17) is 5.26 Å². The minimum absolute atomic E-state index is 0.0196. The lowest BCUT2D eigenvalue weighted by atomic mass is 10.1. The van der Waals surface area contributed by atoms with Crippen LogP contribution in [0.5, 0.6) is 0 Å². The molecule has 0 aliphatic carbocycles. The lowest BCUT2D eigenvalue weighted by Crippen LogP contribution is -1.96. The van der Waals surface area contributed by atoms with Gasteiger partial charge in [-0.15, -0.1) is 0 Å². The van der Waals surface area contributed by atoms with Crippen LogP contribution in [0.1, 0.15) is 5.56 Å². The molecule has 2 aromatic rings. The molecule has 0 bridgehead atoms. The first-order valence-electron chi connectivity index (χ1n) is 5.42. The Labute approximate surface area is 131 Å². The molecule has 0 atom stereocenters. The second kappa shape index (κ2) is 6.03. The summed E-state index contributed by atoms with van der Waals surface area (Å²) in [7, 11) is 0. The van der Waals surface area contributed by atoms with Crippen molar-refractivity contribution >= 4 is 48.9 Å². The molecule has 0 aliphatic rings. The molecule has 0 saturated carbocycles. The largest absolute Gasteiger partial charge is 0.355 e. The Morgan fingerprint density at radius 1 is 1.20 bits per heavy atom. The van der Waals surface area contributed by atoms with Crippen LogP contribution in [0, 0.1) is 21.4 Å². The lowest BCUT2D eigenvalue weighted by Gasteiger charge is -2.09. The second-order valence-corrected chi connectivity index (χ2v) is 5.62. The molecule has 1 N–H and O–H groups in total. The number of nitriles is 1. The summed E-state index contributed by atoms with van der Waals surface area (Å²) < 4.78 is 1.74. The molecule has 0 radical (unpaired) electrons. The molecule has 100 valence electrons. The van der Waals surface area contributed by atoms with Crippen molar-refractivity contribution in [3.05, 3.63) is 61.0 Å². The van der Waals surface area contributed by atoms with Gasteiger partial charge in [0.2, 0.25) is 0 Å². The summed E-state index contributed by atoms with van der Waals surface area (Å²) in [5.41, 5.74) is 1.21. The van der Waals surface area contributed by atoms with Gasteiger partial charge in [0.1, 0.15) is 11.6 Å². The summed E-state index contributed by atoms with van der Waals surface area (Å²) in [6.07, 6.45) is 0. The van der Waals surface area contributed by atoms with Crippen LogP contribution in [0.15, 0.2) is 45.3 Å². The smallest absolute Gasteiger partial charge is 0.287 e. The van der Waals surface area contributed by atoms with Gasteiger partial charge in [0.15, 0.2) is 0 Å². The molecular weight excluding hydrogens is 390 g/mol. The number of nitro benzene ring substituents is 1.